The van der Waals surface area contributed by atoms with Crippen LogP contribution >= 0.6 is 11.3 Å². The van der Waals surface area contributed by atoms with E-state index in [1.165, 1.54) is 0 Å². The fraction of sp³-hybridized carbons (Fsp3) is 0.636. The van der Waals surface area contributed by atoms with Gasteiger partial charge < -0.3 is 0 Å². The van der Waals surface area contributed by atoms with Gasteiger partial charge in [-0.05, 0) is 20.0 Å². The summed E-state index contributed by atoms with van der Waals surface area (Å²) in [5.74, 6) is 0. The van der Waals surface area contributed by atoms with Gasteiger partial charge in [0.25, 0.3) is 0 Å². The number of hydrogen-bond donors (Lipinski definition) is 0. The van der Waals surface area contributed by atoms with Crippen LogP contribution in [0.5, 0.6) is 0 Å². The number of thiazole rings is 1. The van der Waals surface area contributed by atoms with Crippen molar-refractivity contribution in [3.05, 3.63) is 15.6 Å². The molecule has 0 fully saturated rings. The second-order valence-electron chi connectivity index (χ2n) is 3.41. The van der Waals surface area contributed by atoms with E-state index in [1.807, 2.05) is 6.92 Å². The first-order valence-corrected chi connectivity index (χ1v) is 6.07. The fourth-order valence-corrected chi connectivity index (χ4v) is 2.47. The van der Waals surface area contributed by atoms with Gasteiger partial charge in [0.1, 0.15) is 5.01 Å². The van der Waals surface area contributed by atoms with E-state index >= 15 is 0 Å². The lowest BCUT2D eigenvalue weighted by atomic mass is 10.3. The minimum Gasteiger partial charge on any atom is -0.297 e. The Balaban J connectivity index is 2.70. The first-order valence-electron chi connectivity index (χ1n) is 5.25. The largest absolute Gasteiger partial charge is 0.297 e. The molecule has 3 nitrogen and oxygen atoms in total. The number of aryl methyl sites for hydroxylation is 1. The monoisotopic (exact) mass is 223 g/mol. The molecule has 0 spiro atoms. The van der Waals surface area contributed by atoms with Crippen LogP contribution in [0.1, 0.15) is 29.4 Å². The highest BCUT2D eigenvalue weighted by molar-refractivity contribution is 7.11. The van der Waals surface area contributed by atoms with Crippen LogP contribution in [0.3, 0.4) is 0 Å². The summed E-state index contributed by atoms with van der Waals surface area (Å²) in [7, 11) is 0. The molecule has 0 aromatic carbocycles. The highest BCUT2D eigenvalue weighted by Gasteiger charge is 2.09. The Bertz CT molecular complexity index is 347. The van der Waals surface area contributed by atoms with Gasteiger partial charge in [0, 0.05) is 4.88 Å². The molecule has 0 aliphatic heterocycles. The third kappa shape index (κ3) is 3.29. The second kappa shape index (κ2) is 5.84. The summed E-state index contributed by atoms with van der Waals surface area (Å²) in [4.78, 5) is 7.93. The molecule has 0 saturated heterocycles. The summed E-state index contributed by atoms with van der Waals surface area (Å²) in [6.07, 6.45) is 0.488. The normalized spacial score (nSPS) is 10.6. The summed E-state index contributed by atoms with van der Waals surface area (Å²) in [5.41, 5.74) is 1.02. The summed E-state index contributed by atoms with van der Waals surface area (Å²) in [5, 5.41) is 9.77. The average Bonchev–Trinajstić information content (AvgIpc) is 2.57. The first-order chi connectivity index (χ1) is 7.21. The van der Waals surface area contributed by atoms with Gasteiger partial charge in [-0.25, -0.2) is 4.98 Å². The molecule has 1 rings (SSSR count). The minimum atomic E-state index is 0.488. The maximum absolute atomic E-state index is 8.65. The molecule has 0 atom stereocenters. The second-order valence-corrected chi connectivity index (χ2v) is 4.58. The SMILES string of the molecule is CCN(CC)Cc1nc(C)c(CC#N)s1. The molecule has 0 radical (unpaired) electrons. The van der Waals surface area contributed by atoms with Gasteiger partial charge in [0.05, 0.1) is 24.7 Å². The summed E-state index contributed by atoms with van der Waals surface area (Å²) >= 11 is 1.67. The molecule has 1 aromatic rings. The fourth-order valence-electron chi connectivity index (χ4n) is 1.43. The lowest BCUT2D eigenvalue weighted by Gasteiger charge is -2.15. The van der Waals surface area contributed by atoms with Crippen molar-refractivity contribution < 1.29 is 0 Å². The molecule has 82 valence electrons. The van der Waals surface area contributed by atoms with Crippen LogP contribution in [-0.2, 0) is 13.0 Å². The van der Waals surface area contributed by atoms with Crippen molar-refractivity contribution >= 4 is 11.3 Å². The average molecular weight is 223 g/mol. The van der Waals surface area contributed by atoms with Gasteiger partial charge in [-0.2, -0.15) is 5.26 Å². The Kier molecular flexibility index (Phi) is 4.73. The van der Waals surface area contributed by atoms with Gasteiger partial charge >= 0.3 is 0 Å². The van der Waals surface area contributed by atoms with E-state index in [1.54, 1.807) is 11.3 Å². The number of hydrogen-bond acceptors (Lipinski definition) is 4. The topological polar surface area (TPSA) is 39.9 Å². The zero-order valence-corrected chi connectivity index (χ0v) is 10.4. The number of rotatable bonds is 5. The number of aromatic nitrogens is 1. The Labute approximate surface area is 95.4 Å². The highest BCUT2D eigenvalue weighted by Crippen LogP contribution is 2.19. The predicted molar refractivity (Wildman–Crippen MR) is 62.8 cm³/mol. The standard InChI is InChI=1S/C11H17N3S/c1-4-14(5-2)8-11-13-9(3)10(15-11)6-7-12/h4-6,8H2,1-3H3. The van der Waals surface area contributed by atoms with Crippen LogP contribution < -0.4 is 0 Å². The van der Waals surface area contributed by atoms with E-state index < -0.39 is 0 Å². The van der Waals surface area contributed by atoms with E-state index in [-0.39, 0.29) is 0 Å². The molecule has 0 unspecified atom stereocenters. The zero-order chi connectivity index (χ0) is 11.3. The van der Waals surface area contributed by atoms with Crippen molar-refractivity contribution in [1.82, 2.24) is 9.88 Å². The molecular weight excluding hydrogens is 206 g/mol. The Morgan fingerprint density at radius 2 is 2.07 bits per heavy atom. The van der Waals surface area contributed by atoms with Crippen LogP contribution in [0.4, 0.5) is 0 Å². The molecule has 4 heteroatoms. The van der Waals surface area contributed by atoms with Crippen LogP contribution in [0.15, 0.2) is 0 Å². The minimum absolute atomic E-state index is 0.488. The third-order valence-electron chi connectivity index (χ3n) is 2.43. The van der Waals surface area contributed by atoms with Gasteiger partial charge in [0.15, 0.2) is 0 Å². The number of nitrogens with zero attached hydrogens (tertiary/aromatic N) is 3. The number of nitriles is 1. The molecule has 15 heavy (non-hydrogen) atoms. The van der Waals surface area contributed by atoms with Crippen LogP contribution in [0.25, 0.3) is 0 Å². The Morgan fingerprint density at radius 3 is 2.60 bits per heavy atom. The maximum atomic E-state index is 8.65. The quantitative estimate of drug-likeness (QED) is 0.769. The van der Waals surface area contributed by atoms with Gasteiger partial charge in [0.2, 0.25) is 0 Å². The zero-order valence-electron chi connectivity index (χ0n) is 9.58. The lowest BCUT2D eigenvalue weighted by molar-refractivity contribution is 0.295. The highest BCUT2D eigenvalue weighted by atomic mass is 32.1. The van der Waals surface area contributed by atoms with E-state index in [0.29, 0.717) is 6.42 Å². The van der Waals surface area contributed by atoms with Crippen LogP contribution in [0.2, 0.25) is 0 Å². The van der Waals surface area contributed by atoms with E-state index in [0.717, 1.165) is 35.2 Å². The van der Waals surface area contributed by atoms with Crippen molar-refractivity contribution in [2.75, 3.05) is 13.1 Å². The van der Waals surface area contributed by atoms with Gasteiger partial charge in [-0.15, -0.1) is 11.3 Å². The van der Waals surface area contributed by atoms with Crippen molar-refractivity contribution in [3.8, 4) is 6.07 Å². The summed E-state index contributed by atoms with van der Waals surface area (Å²) < 4.78 is 0. The molecule has 1 heterocycles. The molecule has 1 aromatic heterocycles. The summed E-state index contributed by atoms with van der Waals surface area (Å²) in [6, 6.07) is 2.18. The molecule has 0 amide bonds. The first kappa shape index (κ1) is 12.2. The van der Waals surface area contributed by atoms with Crippen LogP contribution in [0, 0.1) is 18.3 Å². The molecular formula is C11H17N3S. The lowest BCUT2D eigenvalue weighted by Crippen LogP contribution is -2.21. The van der Waals surface area contributed by atoms with Crippen molar-refractivity contribution in [3.63, 3.8) is 0 Å². The smallest absolute Gasteiger partial charge is 0.107 e. The van der Waals surface area contributed by atoms with Gasteiger partial charge in [-0.1, -0.05) is 13.8 Å². The van der Waals surface area contributed by atoms with E-state index in [9.17, 15) is 0 Å². The molecule has 0 saturated carbocycles. The van der Waals surface area contributed by atoms with Crippen molar-refractivity contribution in [1.29, 1.82) is 5.26 Å². The van der Waals surface area contributed by atoms with Crippen LogP contribution in [-0.4, -0.2) is 23.0 Å². The van der Waals surface area contributed by atoms with E-state index in [4.69, 9.17) is 5.26 Å². The molecule has 0 bridgehead atoms. The van der Waals surface area contributed by atoms with Crippen molar-refractivity contribution in [2.24, 2.45) is 0 Å². The maximum Gasteiger partial charge on any atom is 0.107 e. The van der Waals surface area contributed by atoms with E-state index in [2.05, 4.69) is 29.8 Å². The predicted octanol–water partition coefficient (Wildman–Crippen LogP) is 2.36. The molecule has 0 aliphatic rings. The Morgan fingerprint density at radius 1 is 1.40 bits per heavy atom. The Hall–Kier alpha value is -0.920. The third-order valence-corrected chi connectivity index (χ3v) is 3.57. The van der Waals surface area contributed by atoms with Gasteiger partial charge in [-0.3, -0.25) is 4.90 Å². The van der Waals surface area contributed by atoms with Crippen molar-refractivity contribution in [2.45, 2.75) is 33.7 Å². The summed E-state index contributed by atoms with van der Waals surface area (Å²) in [6.45, 7) is 9.28. The molecule has 0 aliphatic carbocycles. The molecule has 0 N–H and O–H groups in total.